The summed E-state index contributed by atoms with van der Waals surface area (Å²) in [5.74, 6) is -1.90. The van der Waals surface area contributed by atoms with Crippen LogP contribution in [0.15, 0.2) is 95.0 Å². The fraction of sp³-hybridized carbons (Fsp3) is 0.161. The second-order valence-corrected chi connectivity index (χ2v) is 10.3. The quantitative estimate of drug-likeness (QED) is 0.260. The highest BCUT2D eigenvalue weighted by atomic mass is 35.5. The number of halogens is 1. The third-order valence-electron chi connectivity index (χ3n) is 6.06. The van der Waals surface area contributed by atoms with Gasteiger partial charge in [-0.25, -0.2) is 4.79 Å². The SMILES string of the molecule is CCOC(=O)C1=C(c2ccccc2)NC(SCC(=O)Nc2ccc(NC(C)=O)cc2)=C(C#N)[C@@H]1c1ccccc1Cl. The number of nitrogens with zero attached hydrogens (tertiary/aromatic N) is 1. The van der Waals surface area contributed by atoms with Gasteiger partial charge in [-0.1, -0.05) is 71.9 Å². The average Bonchev–Trinajstić information content (AvgIpc) is 2.97. The molecule has 0 unspecified atom stereocenters. The maximum atomic E-state index is 13.4. The fourth-order valence-corrected chi connectivity index (χ4v) is 5.44. The van der Waals surface area contributed by atoms with Crippen molar-refractivity contribution in [2.45, 2.75) is 19.8 Å². The Hall–Kier alpha value is -4.52. The molecule has 41 heavy (non-hydrogen) atoms. The second kappa shape index (κ2) is 13.7. The van der Waals surface area contributed by atoms with Crippen molar-refractivity contribution < 1.29 is 19.1 Å². The first-order valence-corrected chi connectivity index (χ1v) is 14.1. The molecular weight excluding hydrogens is 560 g/mol. The number of rotatable bonds is 9. The maximum absolute atomic E-state index is 13.4. The molecule has 0 bridgehead atoms. The van der Waals surface area contributed by atoms with Gasteiger partial charge in [0.1, 0.15) is 0 Å². The van der Waals surface area contributed by atoms with Crippen LogP contribution >= 0.6 is 23.4 Å². The zero-order valence-corrected chi connectivity index (χ0v) is 23.9. The summed E-state index contributed by atoms with van der Waals surface area (Å²) < 4.78 is 5.44. The third-order valence-corrected chi connectivity index (χ3v) is 7.42. The van der Waals surface area contributed by atoms with E-state index in [1.807, 2.05) is 30.3 Å². The van der Waals surface area contributed by atoms with Gasteiger partial charge in [-0.15, -0.1) is 0 Å². The van der Waals surface area contributed by atoms with E-state index >= 15 is 0 Å². The lowest BCUT2D eigenvalue weighted by molar-refractivity contribution is -0.138. The van der Waals surface area contributed by atoms with Crippen molar-refractivity contribution in [2.75, 3.05) is 23.0 Å². The first-order valence-electron chi connectivity index (χ1n) is 12.7. The number of thioether (sulfide) groups is 1. The summed E-state index contributed by atoms with van der Waals surface area (Å²) in [5.41, 5.74) is 3.44. The highest BCUT2D eigenvalue weighted by molar-refractivity contribution is 8.03. The largest absolute Gasteiger partial charge is 0.463 e. The van der Waals surface area contributed by atoms with Gasteiger partial charge < -0.3 is 20.7 Å². The van der Waals surface area contributed by atoms with Gasteiger partial charge in [0.25, 0.3) is 0 Å². The number of nitriles is 1. The minimum absolute atomic E-state index is 0.0208. The number of benzene rings is 3. The predicted molar refractivity (Wildman–Crippen MR) is 162 cm³/mol. The first kappa shape index (κ1) is 29.5. The number of amides is 2. The first-order chi connectivity index (χ1) is 19.8. The van der Waals surface area contributed by atoms with Gasteiger partial charge >= 0.3 is 5.97 Å². The van der Waals surface area contributed by atoms with Gasteiger partial charge in [0.05, 0.1) is 46.2 Å². The number of allylic oxidation sites excluding steroid dienone is 1. The summed E-state index contributed by atoms with van der Waals surface area (Å²) in [5, 5.41) is 19.9. The lowest BCUT2D eigenvalue weighted by Crippen LogP contribution is -2.30. The lowest BCUT2D eigenvalue weighted by Gasteiger charge is -2.31. The van der Waals surface area contributed by atoms with Crippen molar-refractivity contribution in [1.82, 2.24) is 5.32 Å². The number of carbonyl (C=O) groups is 3. The average molecular weight is 587 g/mol. The Morgan fingerprint density at radius 1 is 0.976 bits per heavy atom. The van der Waals surface area contributed by atoms with Crippen LogP contribution in [0.2, 0.25) is 5.02 Å². The molecule has 0 fully saturated rings. The number of esters is 1. The predicted octanol–water partition coefficient (Wildman–Crippen LogP) is 6.07. The summed E-state index contributed by atoms with van der Waals surface area (Å²) in [6.07, 6.45) is 0. The normalized spacial score (nSPS) is 14.5. The topological polar surface area (TPSA) is 120 Å². The second-order valence-electron chi connectivity index (χ2n) is 8.90. The van der Waals surface area contributed by atoms with Crippen molar-refractivity contribution in [3.8, 4) is 6.07 Å². The zero-order valence-electron chi connectivity index (χ0n) is 22.4. The summed E-state index contributed by atoms with van der Waals surface area (Å²) in [6, 6.07) is 25.3. The molecule has 2 amide bonds. The van der Waals surface area contributed by atoms with Crippen LogP contribution in [0, 0.1) is 11.3 Å². The molecule has 0 aromatic heterocycles. The van der Waals surface area contributed by atoms with Crippen LogP contribution in [0.4, 0.5) is 11.4 Å². The monoisotopic (exact) mass is 586 g/mol. The van der Waals surface area contributed by atoms with Crippen LogP contribution < -0.4 is 16.0 Å². The number of dihydropyridines is 1. The van der Waals surface area contributed by atoms with Crippen molar-refractivity contribution in [3.05, 3.63) is 111 Å². The fourth-order valence-electron chi connectivity index (χ4n) is 4.35. The smallest absolute Gasteiger partial charge is 0.337 e. The lowest BCUT2D eigenvalue weighted by atomic mass is 9.81. The van der Waals surface area contributed by atoms with Crippen LogP contribution in [-0.4, -0.2) is 30.1 Å². The molecule has 4 rings (SSSR count). The van der Waals surface area contributed by atoms with Gasteiger partial charge in [0.2, 0.25) is 11.8 Å². The zero-order chi connectivity index (χ0) is 29.4. The van der Waals surface area contributed by atoms with Crippen LogP contribution in [0.3, 0.4) is 0 Å². The van der Waals surface area contributed by atoms with E-state index in [2.05, 4.69) is 22.0 Å². The van der Waals surface area contributed by atoms with Crippen LogP contribution in [0.25, 0.3) is 5.70 Å². The molecule has 8 nitrogen and oxygen atoms in total. The molecule has 10 heteroatoms. The molecular formula is C31H27ClN4O4S. The van der Waals surface area contributed by atoms with E-state index in [9.17, 15) is 19.6 Å². The van der Waals surface area contributed by atoms with E-state index in [0.717, 1.165) is 11.8 Å². The Balaban J connectivity index is 1.69. The highest BCUT2D eigenvalue weighted by Gasteiger charge is 2.38. The van der Waals surface area contributed by atoms with Gasteiger partial charge in [-0.05, 0) is 48.4 Å². The van der Waals surface area contributed by atoms with Gasteiger partial charge in [0.15, 0.2) is 0 Å². The number of carbonyl (C=O) groups excluding carboxylic acids is 3. The molecule has 3 N–H and O–H groups in total. The number of hydrogen-bond donors (Lipinski definition) is 3. The van der Waals surface area contributed by atoms with E-state index in [-0.39, 0.29) is 35.3 Å². The molecule has 0 radical (unpaired) electrons. The van der Waals surface area contributed by atoms with E-state index in [1.165, 1.54) is 6.92 Å². The van der Waals surface area contributed by atoms with Crippen LogP contribution in [0.5, 0.6) is 0 Å². The minimum atomic E-state index is -0.823. The van der Waals surface area contributed by atoms with Crippen LogP contribution in [0.1, 0.15) is 30.9 Å². The molecule has 1 heterocycles. The molecule has 0 spiro atoms. The molecule has 1 atom stereocenters. The van der Waals surface area contributed by atoms with Crippen molar-refractivity contribution >= 4 is 58.2 Å². The van der Waals surface area contributed by atoms with Crippen LogP contribution in [-0.2, 0) is 19.1 Å². The molecule has 0 saturated heterocycles. The Bertz CT molecular complexity index is 1560. The maximum Gasteiger partial charge on any atom is 0.337 e. The van der Waals surface area contributed by atoms with E-state index in [1.54, 1.807) is 55.5 Å². The Labute approximate surface area is 247 Å². The standard InChI is InChI=1S/C31H27ClN4O4S/c1-3-40-31(39)28-27(23-11-7-8-12-25(23)32)24(17-33)30(36-29(28)20-9-5-4-6-10-20)41-18-26(38)35-22-15-13-21(14-16-22)34-19(2)37/h4-16,27,36H,3,18H2,1-2H3,(H,34,37)(H,35,38)/t27-/m0/s1. The molecule has 0 aliphatic carbocycles. The highest BCUT2D eigenvalue weighted by Crippen LogP contribution is 2.45. The number of ether oxygens (including phenoxy) is 1. The Morgan fingerprint density at radius 2 is 1.61 bits per heavy atom. The summed E-state index contributed by atoms with van der Waals surface area (Å²) in [6.45, 7) is 3.29. The Morgan fingerprint density at radius 3 is 2.22 bits per heavy atom. The third kappa shape index (κ3) is 7.17. The molecule has 3 aromatic rings. The number of nitrogens with one attached hydrogen (secondary N) is 3. The Kier molecular flexibility index (Phi) is 9.85. The van der Waals surface area contributed by atoms with E-state index in [0.29, 0.717) is 38.3 Å². The van der Waals surface area contributed by atoms with Crippen molar-refractivity contribution in [1.29, 1.82) is 5.26 Å². The molecule has 0 saturated carbocycles. The number of hydrogen-bond acceptors (Lipinski definition) is 7. The minimum Gasteiger partial charge on any atom is -0.463 e. The van der Waals surface area contributed by atoms with E-state index in [4.69, 9.17) is 16.3 Å². The van der Waals surface area contributed by atoms with Crippen molar-refractivity contribution in [3.63, 3.8) is 0 Å². The van der Waals surface area contributed by atoms with E-state index < -0.39 is 11.9 Å². The number of anilines is 2. The molecule has 1 aliphatic rings. The summed E-state index contributed by atoms with van der Waals surface area (Å²) in [7, 11) is 0. The van der Waals surface area contributed by atoms with Gasteiger partial charge in [0, 0.05) is 23.3 Å². The summed E-state index contributed by atoms with van der Waals surface area (Å²) in [4.78, 5) is 37.5. The summed E-state index contributed by atoms with van der Waals surface area (Å²) >= 11 is 7.75. The molecule has 1 aliphatic heterocycles. The van der Waals surface area contributed by atoms with Crippen molar-refractivity contribution in [2.24, 2.45) is 0 Å². The van der Waals surface area contributed by atoms with Gasteiger partial charge in [-0.3, -0.25) is 9.59 Å². The molecule has 208 valence electrons. The van der Waals surface area contributed by atoms with Gasteiger partial charge in [-0.2, -0.15) is 5.26 Å². The molecule has 3 aromatic carbocycles.